The number of ether oxygens (including phenoxy) is 1. The van der Waals surface area contributed by atoms with Crippen LogP contribution in [-0.2, 0) is 0 Å². The summed E-state index contributed by atoms with van der Waals surface area (Å²) in [7, 11) is 0. The molecule has 2 heterocycles. The Balaban J connectivity index is 2.08. The molecule has 1 aromatic carbocycles. The van der Waals surface area contributed by atoms with Crippen LogP contribution in [0.3, 0.4) is 0 Å². The van der Waals surface area contributed by atoms with Crippen molar-refractivity contribution in [3.05, 3.63) is 35.9 Å². The molecule has 5 N–H and O–H groups in total. The summed E-state index contributed by atoms with van der Waals surface area (Å²) in [4.78, 5) is 37.3. The lowest BCUT2D eigenvalue weighted by Crippen LogP contribution is -2.14. The summed E-state index contributed by atoms with van der Waals surface area (Å²) in [5, 5.41) is 2.61. The van der Waals surface area contributed by atoms with E-state index in [2.05, 4.69) is 25.3 Å². The van der Waals surface area contributed by atoms with Crippen LogP contribution in [0.4, 0.5) is 5.95 Å². The van der Waals surface area contributed by atoms with Crippen molar-refractivity contribution in [3.63, 3.8) is 0 Å². The fourth-order valence-electron chi connectivity index (χ4n) is 2.14. The van der Waals surface area contributed by atoms with Crippen LogP contribution in [0.2, 0.25) is 0 Å². The number of anilines is 1. The molecule has 0 aliphatic heterocycles. The first-order chi connectivity index (χ1) is 11.1. The van der Waals surface area contributed by atoms with Crippen molar-refractivity contribution in [2.24, 2.45) is 5.73 Å². The number of amides is 2. The minimum atomic E-state index is -0.712. The second-order valence-corrected chi connectivity index (χ2v) is 4.64. The van der Waals surface area contributed by atoms with Gasteiger partial charge in [-0.3, -0.25) is 14.9 Å². The van der Waals surface area contributed by atoms with E-state index in [1.165, 1.54) is 6.20 Å². The lowest BCUT2D eigenvalue weighted by molar-refractivity contribution is 0.0989. The maximum Gasteiger partial charge on any atom is 0.284 e. The van der Waals surface area contributed by atoms with Crippen molar-refractivity contribution in [2.75, 3.05) is 11.9 Å². The van der Waals surface area contributed by atoms with Gasteiger partial charge in [0.1, 0.15) is 11.3 Å². The number of hydrogen-bond acceptors (Lipinski definition) is 5. The molecular weight excluding hydrogens is 300 g/mol. The number of benzene rings is 1. The zero-order valence-corrected chi connectivity index (χ0v) is 12.2. The van der Waals surface area contributed by atoms with Gasteiger partial charge in [0.05, 0.1) is 17.7 Å². The number of carbonyl (C=O) groups excluding carboxylic acids is 2. The molecule has 0 saturated heterocycles. The molecule has 0 atom stereocenters. The van der Waals surface area contributed by atoms with E-state index in [0.717, 1.165) is 0 Å². The first kappa shape index (κ1) is 14.6. The van der Waals surface area contributed by atoms with Gasteiger partial charge in [0.2, 0.25) is 5.95 Å². The molecule has 0 aliphatic rings. The van der Waals surface area contributed by atoms with Gasteiger partial charge in [-0.2, -0.15) is 0 Å². The SMILES string of the molecule is CCOc1cc(C(=O)Nc2ncc[nH]2)c2nc(C(N)=O)[nH]c2c1. The fraction of sp³-hybridized carbons (Fsp3) is 0.143. The van der Waals surface area contributed by atoms with Crippen molar-refractivity contribution in [1.29, 1.82) is 0 Å². The van der Waals surface area contributed by atoms with Crippen LogP contribution in [-0.4, -0.2) is 38.4 Å². The number of rotatable bonds is 5. The number of fused-ring (bicyclic) bond motifs is 1. The number of nitrogens with zero attached hydrogens (tertiary/aromatic N) is 2. The van der Waals surface area contributed by atoms with E-state index in [1.54, 1.807) is 18.3 Å². The number of hydrogen-bond donors (Lipinski definition) is 4. The average molecular weight is 314 g/mol. The molecule has 9 nitrogen and oxygen atoms in total. The maximum absolute atomic E-state index is 12.5. The van der Waals surface area contributed by atoms with Gasteiger partial charge in [-0.25, -0.2) is 9.97 Å². The minimum absolute atomic E-state index is 0.0271. The molecule has 0 aliphatic carbocycles. The van der Waals surface area contributed by atoms with Crippen molar-refractivity contribution in [3.8, 4) is 5.75 Å². The van der Waals surface area contributed by atoms with Gasteiger partial charge in [0, 0.05) is 18.5 Å². The smallest absolute Gasteiger partial charge is 0.284 e. The average Bonchev–Trinajstić information content (AvgIpc) is 3.15. The Bertz CT molecular complexity index is 868. The normalized spacial score (nSPS) is 10.7. The zero-order chi connectivity index (χ0) is 16.4. The quantitative estimate of drug-likeness (QED) is 0.557. The van der Waals surface area contributed by atoms with Crippen LogP contribution in [0.1, 0.15) is 27.9 Å². The van der Waals surface area contributed by atoms with E-state index in [9.17, 15) is 9.59 Å². The number of H-pyrrole nitrogens is 2. The standard InChI is InChI=1S/C14H14N6O3/c1-2-23-7-5-8(13(22)20-14-16-3-4-17-14)10-9(6-7)18-12(19-10)11(15)21/h3-6H,2H2,1H3,(H2,15,21)(H,18,19)(H2,16,17,20,22). The second-order valence-electron chi connectivity index (χ2n) is 4.64. The minimum Gasteiger partial charge on any atom is -0.494 e. The number of nitrogens with one attached hydrogen (secondary N) is 3. The number of aromatic amines is 2. The predicted octanol–water partition coefficient (Wildman–Crippen LogP) is 1.04. The second kappa shape index (κ2) is 5.79. The zero-order valence-electron chi connectivity index (χ0n) is 12.2. The summed E-state index contributed by atoms with van der Waals surface area (Å²) in [6, 6.07) is 3.21. The first-order valence-corrected chi connectivity index (χ1v) is 6.85. The highest BCUT2D eigenvalue weighted by molar-refractivity contribution is 6.12. The summed E-state index contributed by atoms with van der Waals surface area (Å²) in [6.07, 6.45) is 3.10. The van der Waals surface area contributed by atoms with Crippen molar-refractivity contribution < 1.29 is 14.3 Å². The van der Waals surface area contributed by atoms with E-state index in [0.29, 0.717) is 29.3 Å². The summed E-state index contributed by atoms with van der Waals surface area (Å²) >= 11 is 0. The Kier molecular flexibility index (Phi) is 3.67. The third kappa shape index (κ3) is 2.84. The Morgan fingerprint density at radius 3 is 2.87 bits per heavy atom. The van der Waals surface area contributed by atoms with Gasteiger partial charge < -0.3 is 20.4 Å². The molecule has 0 spiro atoms. The highest BCUT2D eigenvalue weighted by atomic mass is 16.5. The van der Waals surface area contributed by atoms with E-state index in [-0.39, 0.29) is 11.4 Å². The predicted molar refractivity (Wildman–Crippen MR) is 82.3 cm³/mol. The van der Waals surface area contributed by atoms with E-state index in [4.69, 9.17) is 10.5 Å². The van der Waals surface area contributed by atoms with E-state index in [1.807, 2.05) is 6.92 Å². The summed E-state index contributed by atoms with van der Waals surface area (Å²) in [6.45, 7) is 2.26. The van der Waals surface area contributed by atoms with Gasteiger partial charge in [0.15, 0.2) is 5.82 Å². The Hall–Kier alpha value is -3.36. The molecule has 0 fully saturated rings. The van der Waals surface area contributed by atoms with Gasteiger partial charge in [-0.05, 0) is 13.0 Å². The molecule has 9 heteroatoms. The Morgan fingerprint density at radius 1 is 1.39 bits per heavy atom. The van der Waals surface area contributed by atoms with Gasteiger partial charge in [0.25, 0.3) is 11.8 Å². The van der Waals surface area contributed by atoms with Crippen LogP contribution in [0.15, 0.2) is 24.5 Å². The fourth-order valence-corrected chi connectivity index (χ4v) is 2.14. The monoisotopic (exact) mass is 314 g/mol. The summed E-state index contributed by atoms with van der Waals surface area (Å²) in [5.74, 6) is -0.397. The summed E-state index contributed by atoms with van der Waals surface area (Å²) < 4.78 is 5.44. The van der Waals surface area contributed by atoms with Crippen LogP contribution in [0, 0.1) is 0 Å². The highest BCUT2D eigenvalue weighted by Crippen LogP contribution is 2.24. The molecule has 0 bridgehead atoms. The van der Waals surface area contributed by atoms with Crippen LogP contribution in [0.25, 0.3) is 11.0 Å². The number of aromatic nitrogens is 4. The molecule has 2 aromatic heterocycles. The highest BCUT2D eigenvalue weighted by Gasteiger charge is 2.18. The Morgan fingerprint density at radius 2 is 2.22 bits per heavy atom. The molecule has 0 unspecified atom stereocenters. The van der Waals surface area contributed by atoms with Crippen molar-refractivity contribution >= 4 is 28.8 Å². The Labute approximate surface area is 130 Å². The van der Waals surface area contributed by atoms with Crippen LogP contribution in [0.5, 0.6) is 5.75 Å². The van der Waals surface area contributed by atoms with Crippen molar-refractivity contribution in [2.45, 2.75) is 6.92 Å². The maximum atomic E-state index is 12.5. The number of nitrogens with two attached hydrogens (primary N) is 1. The molecule has 118 valence electrons. The third-order valence-electron chi connectivity index (χ3n) is 3.08. The van der Waals surface area contributed by atoms with Gasteiger partial charge in [-0.1, -0.05) is 0 Å². The van der Waals surface area contributed by atoms with E-state index >= 15 is 0 Å². The number of imidazole rings is 2. The lowest BCUT2D eigenvalue weighted by Gasteiger charge is -2.07. The lowest BCUT2D eigenvalue weighted by atomic mass is 10.1. The summed E-state index contributed by atoms with van der Waals surface area (Å²) in [5.41, 5.74) is 6.28. The van der Waals surface area contributed by atoms with Crippen LogP contribution < -0.4 is 15.8 Å². The van der Waals surface area contributed by atoms with E-state index < -0.39 is 11.8 Å². The number of primary amides is 1. The number of carbonyl (C=O) groups is 2. The topological polar surface area (TPSA) is 139 Å². The molecule has 0 saturated carbocycles. The molecule has 3 aromatic rings. The molecule has 23 heavy (non-hydrogen) atoms. The van der Waals surface area contributed by atoms with Crippen LogP contribution >= 0.6 is 0 Å². The molecule has 3 rings (SSSR count). The first-order valence-electron chi connectivity index (χ1n) is 6.85. The molecular formula is C14H14N6O3. The molecule has 2 amide bonds. The van der Waals surface area contributed by atoms with Gasteiger partial charge in [-0.15, -0.1) is 0 Å². The van der Waals surface area contributed by atoms with Gasteiger partial charge >= 0.3 is 0 Å². The molecule has 0 radical (unpaired) electrons. The largest absolute Gasteiger partial charge is 0.494 e. The third-order valence-corrected chi connectivity index (χ3v) is 3.08. The van der Waals surface area contributed by atoms with Crippen molar-refractivity contribution in [1.82, 2.24) is 19.9 Å².